The van der Waals surface area contributed by atoms with E-state index in [1.807, 2.05) is 0 Å². The van der Waals surface area contributed by atoms with Crippen molar-refractivity contribution in [2.24, 2.45) is 5.73 Å². The van der Waals surface area contributed by atoms with Gasteiger partial charge in [-0.2, -0.15) is 0 Å². The van der Waals surface area contributed by atoms with Gasteiger partial charge in [-0.3, -0.25) is 4.79 Å². The average Bonchev–Trinajstić information content (AvgIpc) is 2.68. The van der Waals surface area contributed by atoms with E-state index in [1.54, 1.807) is 36.5 Å². The van der Waals surface area contributed by atoms with Gasteiger partial charge >= 0.3 is 5.97 Å². The number of amides is 1. The molecule has 142 valence electrons. The first-order valence-electron chi connectivity index (χ1n) is 8.02. The van der Waals surface area contributed by atoms with Crippen molar-refractivity contribution in [3.63, 3.8) is 0 Å². The number of primary amides is 1. The van der Waals surface area contributed by atoms with Crippen LogP contribution >= 0.6 is 0 Å². The van der Waals surface area contributed by atoms with E-state index in [-0.39, 0.29) is 22.7 Å². The van der Waals surface area contributed by atoms with Gasteiger partial charge in [0.05, 0.1) is 18.5 Å². The number of rotatable bonds is 7. The van der Waals surface area contributed by atoms with Crippen LogP contribution in [0.1, 0.15) is 20.8 Å². The molecule has 0 radical (unpaired) electrons. The number of aromatic nitrogens is 3. The van der Waals surface area contributed by atoms with Crippen molar-refractivity contribution in [3.8, 4) is 5.75 Å². The van der Waals surface area contributed by atoms with Crippen LogP contribution in [0.4, 0.5) is 23.0 Å². The quantitative estimate of drug-likeness (QED) is 0.483. The number of aromatic carboxylic acids is 1. The van der Waals surface area contributed by atoms with Gasteiger partial charge in [0.2, 0.25) is 0 Å². The molecule has 0 bridgehead atoms. The maximum Gasteiger partial charge on any atom is 0.339 e. The summed E-state index contributed by atoms with van der Waals surface area (Å²) < 4.78 is 5.22. The fourth-order valence-corrected chi connectivity index (χ4v) is 2.47. The zero-order valence-corrected chi connectivity index (χ0v) is 14.7. The van der Waals surface area contributed by atoms with E-state index >= 15 is 0 Å². The zero-order chi connectivity index (χ0) is 20.1. The van der Waals surface area contributed by atoms with E-state index in [0.717, 1.165) is 0 Å². The molecular formula is C18H16N6O4. The molecule has 3 aromatic rings. The molecule has 0 fully saturated rings. The molecule has 0 saturated carbocycles. The van der Waals surface area contributed by atoms with Crippen molar-refractivity contribution in [2.45, 2.75) is 0 Å². The van der Waals surface area contributed by atoms with E-state index in [4.69, 9.17) is 10.5 Å². The summed E-state index contributed by atoms with van der Waals surface area (Å²) in [6, 6.07) is 11.3. The Kier molecular flexibility index (Phi) is 5.30. The maximum absolute atomic E-state index is 11.7. The van der Waals surface area contributed by atoms with Crippen molar-refractivity contribution in [1.82, 2.24) is 15.2 Å². The number of hydrogen-bond acceptors (Lipinski definition) is 8. The third-order valence-corrected chi connectivity index (χ3v) is 3.67. The van der Waals surface area contributed by atoms with Gasteiger partial charge in [-0.1, -0.05) is 12.1 Å². The van der Waals surface area contributed by atoms with E-state index in [1.165, 1.54) is 19.2 Å². The number of hydrogen-bond donors (Lipinski definition) is 4. The number of ether oxygens (including phenoxy) is 1. The Morgan fingerprint density at radius 2 is 1.86 bits per heavy atom. The van der Waals surface area contributed by atoms with Crippen LogP contribution in [0.2, 0.25) is 0 Å². The minimum Gasteiger partial charge on any atom is -0.494 e. The summed E-state index contributed by atoms with van der Waals surface area (Å²) in [6.45, 7) is 0. The average molecular weight is 380 g/mol. The number of carbonyl (C=O) groups is 2. The highest BCUT2D eigenvalue weighted by atomic mass is 16.5. The van der Waals surface area contributed by atoms with Crippen molar-refractivity contribution in [2.75, 3.05) is 17.7 Å². The van der Waals surface area contributed by atoms with Gasteiger partial charge in [-0.15, -0.1) is 10.2 Å². The molecule has 0 spiro atoms. The van der Waals surface area contributed by atoms with Gasteiger partial charge < -0.3 is 26.2 Å². The first-order chi connectivity index (χ1) is 13.5. The summed E-state index contributed by atoms with van der Waals surface area (Å²) in [5, 5.41) is 23.0. The summed E-state index contributed by atoms with van der Waals surface area (Å²) in [5.41, 5.74) is 5.77. The summed E-state index contributed by atoms with van der Waals surface area (Å²) in [7, 11) is 1.35. The molecular weight excluding hydrogens is 364 g/mol. The van der Waals surface area contributed by atoms with Crippen LogP contribution in [0.15, 0.2) is 48.7 Å². The molecule has 5 N–H and O–H groups in total. The molecule has 0 aliphatic carbocycles. The topological polar surface area (TPSA) is 152 Å². The number of pyridine rings is 1. The highest BCUT2D eigenvalue weighted by molar-refractivity contribution is 5.99. The summed E-state index contributed by atoms with van der Waals surface area (Å²) in [5.74, 6) is -1.02. The fourth-order valence-electron chi connectivity index (χ4n) is 2.47. The monoisotopic (exact) mass is 380 g/mol. The third kappa shape index (κ3) is 3.96. The Morgan fingerprint density at radius 1 is 1.04 bits per heavy atom. The second-order valence-electron chi connectivity index (χ2n) is 5.51. The number of carbonyl (C=O) groups excluding carboxylic acids is 1. The Balaban J connectivity index is 2.01. The van der Waals surface area contributed by atoms with E-state index in [2.05, 4.69) is 25.8 Å². The van der Waals surface area contributed by atoms with Gasteiger partial charge in [-0.05, 0) is 24.3 Å². The summed E-state index contributed by atoms with van der Waals surface area (Å²) in [4.78, 5) is 27.3. The van der Waals surface area contributed by atoms with Gasteiger partial charge in [0.25, 0.3) is 5.91 Å². The van der Waals surface area contributed by atoms with Crippen molar-refractivity contribution < 1.29 is 19.4 Å². The third-order valence-electron chi connectivity index (χ3n) is 3.67. The van der Waals surface area contributed by atoms with Gasteiger partial charge in [0, 0.05) is 12.3 Å². The van der Waals surface area contributed by atoms with Crippen LogP contribution in [0.25, 0.3) is 0 Å². The van der Waals surface area contributed by atoms with Crippen LogP contribution < -0.4 is 21.1 Å². The standard InChI is InChI=1S/C18H16N6O4/c1-28-16-10(18(26)27)5-4-6-11(16)21-12-9-14(23-24-15(12)17(19)25)22-13-7-2-3-8-20-13/h2-9H,1H3,(H2,19,25)(H,26,27)(H2,20,21,22,23). The minimum atomic E-state index is -1.15. The molecule has 10 nitrogen and oxygen atoms in total. The number of methoxy groups -OCH3 is 1. The fraction of sp³-hybridized carbons (Fsp3) is 0.0556. The molecule has 3 rings (SSSR count). The largest absolute Gasteiger partial charge is 0.494 e. The molecule has 0 saturated heterocycles. The lowest BCUT2D eigenvalue weighted by molar-refractivity contribution is 0.0693. The molecule has 1 amide bonds. The zero-order valence-electron chi connectivity index (χ0n) is 14.7. The van der Waals surface area contributed by atoms with Crippen molar-refractivity contribution in [3.05, 3.63) is 59.9 Å². The smallest absolute Gasteiger partial charge is 0.339 e. The normalized spacial score (nSPS) is 10.2. The Hall–Kier alpha value is -4.21. The molecule has 10 heteroatoms. The van der Waals surface area contributed by atoms with Crippen LogP contribution in [0.5, 0.6) is 5.75 Å². The maximum atomic E-state index is 11.7. The Morgan fingerprint density at radius 3 is 2.50 bits per heavy atom. The summed E-state index contributed by atoms with van der Waals surface area (Å²) in [6.07, 6.45) is 1.61. The molecule has 0 aliphatic heterocycles. The number of benzene rings is 1. The first kappa shape index (κ1) is 18.6. The molecule has 2 aromatic heterocycles. The highest BCUT2D eigenvalue weighted by Crippen LogP contribution is 2.32. The number of carboxylic acids is 1. The number of carboxylic acid groups (broad SMARTS) is 1. The Labute approximate surface area is 159 Å². The molecule has 28 heavy (non-hydrogen) atoms. The van der Waals surface area contributed by atoms with Crippen LogP contribution in [-0.2, 0) is 0 Å². The molecule has 0 aliphatic rings. The SMILES string of the molecule is COc1c(Nc2cc(Nc3ccccn3)nnc2C(N)=O)cccc1C(=O)O. The minimum absolute atomic E-state index is 0.0398. The second kappa shape index (κ2) is 7.99. The van der Waals surface area contributed by atoms with Crippen LogP contribution in [0, 0.1) is 0 Å². The van der Waals surface area contributed by atoms with Crippen LogP contribution in [-0.4, -0.2) is 39.3 Å². The van der Waals surface area contributed by atoms with E-state index in [0.29, 0.717) is 17.3 Å². The van der Waals surface area contributed by atoms with E-state index in [9.17, 15) is 14.7 Å². The predicted octanol–water partition coefficient (Wildman–Crippen LogP) is 2.16. The molecule has 1 aromatic carbocycles. The van der Waals surface area contributed by atoms with Gasteiger partial charge in [0.15, 0.2) is 17.3 Å². The van der Waals surface area contributed by atoms with E-state index < -0.39 is 11.9 Å². The lowest BCUT2D eigenvalue weighted by Crippen LogP contribution is -2.17. The lowest BCUT2D eigenvalue weighted by Gasteiger charge is -2.15. The van der Waals surface area contributed by atoms with Gasteiger partial charge in [-0.25, -0.2) is 9.78 Å². The predicted molar refractivity (Wildman–Crippen MR) is 101 cm³/mol. The number of nitrogens with one attached hydrogen (secondary N) is 2. The summed E-state index contributed by atoms with van der Waals surface area (Å²) >= 11 is 0. The first-order valence-corrected chi connectivity index (χ1v) is 8.02. The molecule has 0 atom stereocenters. The number of para-hydroxylation sites is 1. The molecule has 0 unspecified atom stereocenters. The second-order valence-corrected chi connectivity index (χ2v) is 5.51. The number of nitrogens with zero attached hydrogens (tertiary/aromatic N) is 3. The lowest BCUT2D eigenvalue weighted by atomic mass is 10.1. The molecule has 2 heterocycles. The Bertz CT molecular complexity index is 1030. The number of anilines is 4. The highest BCUT2D eigenvalue weighted by Gasteiger charge is 2.18. The van der Waals surface area contributed by atoms with Crippen molar-refractivity contribution >= 4 is 34.9 Å². The van der Waals surface area contributed by atoms with Gasteiger partial charge in [0.1, 0.15) is 11.4 Å². The van der Waals surface area contributed by atoms with Crippen molar-refractivity contribution in [1.29, 1.82) is 0 Å². The van der Waals surface area contributed by atoms with Crippen LogP contribution in [0.3, 0.4) is 0 Å². The number of nitrogens with two attached hydrogens (primary N) is 1.